The van der Waals surface area contributed by atoms with Gasteiger partial charge in [-0.2, -0.15) is 4.98 Å². The summed E-state index contributed by atoms with van der Waals surface area (Å²) in [6, 6.07) is 11.0. The highest BCUT2D eigenvalue weighted by molar-refractivity contribution is 5.76. The molecule has 0 spiro atoms. The molecule has 1 aliphatic rings. The molecule has 9 heteroatoms. The van der Waals surface area contributed by atoms with Crippen LogP contribution in [0.1, 0.15) is 17.9 Å². The van der Waals surface area contributed by atoms with E-state index in [-0.39, 0.29) is 12.5 Å². The number of benzene rings is 2. The summed E-state index contributed by atoms with van der Waals surface area (Å²) in [4.78, 5) is 16.6. The Morgan fingerprint density at radius 3 is 2.71 bits per heavy atom. The summed E-state index contributed by atoms with van der Waals surface area (Å²) in [5, 5.41) is 6.78. The van der Waals surface area contributed by atoms with Crippen molar-refractivity contribution in [2.45, 2.75) is 19.4 Å². The van der Waals surface area contributed by atoms with Gasteiger partial charge in [0.1, 0.15) is 24.7 Å². The predicted octanol–water partition coefficient (Wildman–Crippen LogP) is 2.77. The summed E-state index contributed by atoms with van der Waals surface area (Å²) < 4.78 is 26.9. The van der Waals surface area contributed by atoms with Crippen LogP contribution in [0, 0.1) is 0 Å². The highest BCUT2D eigenvalue weighted by Gasteiger charge is 2.15. The number of amides is 1. The first kappa shape index (κ1) is 20.5. The Hall–Kier alpha value is -3.75. The van der Waals surface area contributed by atoms with Crippen molar-refractivity contribution in [2.24, 2.45) is 0 Å². The van der Waals surface area contributed by atoms with Crippen LogP contribution in [0.5, 0.6) is 23.0 Å². The molecule has 1 aliphatic heterocycles. The highest BCUT2D eigenvalue weighted by Crippen LogP contribution is 2.32. The Morgan fingerprint density at radius 2 is 1.90 bits per heavy atom. The van der Waals surface area contributed by atoms with Crippen molar-refractivity contribution in [1.29, 1.82) is 0 Å². The smallest absolute Gasteiger partial charge is 0.246 e. The van der Waals surface area contributed by atoms with E-state index >= 15 is 0 Å². The van der Waals surface area contributed by atoms with E-state index in [1.54, 1.807) is 32.4 Å². The van der Waals surface area contributed by atoms with Gasteiger partial charge < -0.3 is 28.8 Å². The molecule has 3 aromatic rings. The minimum absolute atomic E-state index is 0.114. The largest absolute Gasteiger partial charge is 0.497 e. The van der Waals surface area contributed by atoms with E-state index in [4.69, 9.17) is 23.5 Å². The maximum absolute atomic E-state index is 12.2. The molecule has 0 bridgehead atoms. The van der Waals surface area contributed by atoms with Gasteiger partial charge in [-0.25, -0.2) is 0 Å². The summed E-state index contributed by atoms with van der Waals surface area (Å²) in [6.07, 6.45) is 0.910. The van der Waals surface area contributed by atoms with Crippen molar-refractivity contribution >= 4 is 5.91 Å². The maximum atomic E-state index is 12.2. The van der Waals surface area contributed by atoms with Crippen molar-refractivity contribution in [3.05, 3.63) is 47.9 Å². The molecule has 162 valence electrons. The molecule has 0 saturated heterocycles. The average Bonchev–Trinajstić information content (AvgIpc) is 3.29. The summed E-state index contributed by atoms with van der Waals surface area (Å²) >= 11 is 0. The van der Waals surface area contributed by atoms with Gasteiger partial charge in [-0.15, -0.1) is 0 Å². The van der Waals surface area contributed by atoms with Gasteiger partial charge in [0.05, 0.1) is 26.3 Å². The normalized spacial score (nSPS) is 12.3. The number of nitrogens with zero attached hydrogens (tertiary/aromatic N) is 2. The topological polar surface area (TPSA) is 105 Å². The van der Waals surface area contributed by atoms with Gasteiger partial charge in [0, 0.05) is 12.5 Å². The van der Waals surface area contributed by atoms with Crippen LogP contribution in [0.15, 0.2) is 40.9 Å². The lowest BCUT2D eigenvalue weighted by Crippen LogP contribution is -2.23. The lowest BCUT2D eigenvalue weighted by Gasteiger charge is -2.18. The zero-order valence-corrected chi connectivity index (χ0v) is 17.3. The predicted molar refractivity (Wildman–Crippen MR) is 110 cm³/mol. The number of hydrogen-bond donors (Lipinski definition) is 1. The molecule has 1 amide bonds. The van der Waals surface area contributed by atoms with E-state index in [0.29, 0.717) is 54.8 Å². The molecule has 0 atom stereocenters. The van der Waals surface area contributed by atoms with Crippen LogP contribution >= 0.6 is 0 Å². The first-order valence-electron chi connectivity index (χ1n) is 9.86. The second kappa shape index (κ2) is 9.38. The lowest BCUT2D eigenvalue weighted by molar-refractivity contribution is -0.121. The fourth-order valence-electron chi connectivity index (χ4n) is 3.18. The number of ether oxygens (including phenoxy) is 4. The number of aryl methyl sites for hydroxylation is 1. The van der Waals surface area contributed by atoms with Gasteiger partial charge >= 0.3 is 0 Å². The lowest BCUT2D eigenvalue weighted by atomic mass is 10.1. The van der Waals surface area contributed by atoms with Crippen LogP contribution in [-0.2, 0) is 17.8 Å². The second-order valence-electron chi connectivity index (χ2n) is 6.83. The summed E-state index contributed by atoms with van der Waals surface area (Å²) in [5.41, 5.74) is 1.68. The number of carbonyl (C=O) groups is 1. The number of nitrogens with one attached hydrogen (secondary N) is 1. The van der Waals surface area contributed by atoms with E-state index in [2.05, 4.69) is 15.5 Å². The Kier molecular flexibility index (Phi) is 6.21. The van der Waals surface area contributed by atoms with Gasteiger partial charge in [-0.3, -0.25) is 4.79 Å². The Bertz CT molecular complexity index is 1070. The third kappa shape index (κ3) is 4.88. The number of aromatic nitrogens is 2. The van der Waals surface area contributed by atoms with Gasteiger partial charge in [-0.1, -0.05) is 11.2 Å². The number of methoxy groups -OCH3 is 2. The minimum atomic E-state index is -0.114. The number of rotatable bonds is 8. The van der Waals surface area contributed by atoms with Crippen molar-refractivity contribution in [2.75, 3.05) is 27.4 Å². The average molecular weight is 425 g/mol. The third-order valence-electron chi connectivity index (χ3n) is 4.80. The van der Waals surface area contributed by atoms with E-state index in [9.17, 15) is 4.79 Å². The zero-order valence-electron chi connectivity index (χ0n) is 17.3. The molecule has 31 heavy (non-hydrogen) atoms. The van der Waals surface area contributed by atoms with Gasteiger partial charge in [0.15, 0.2) is 11.5 Å². The Morgan fingerprint density at radius 1 is 1.06 bits per heavy atom. The van der Waals surface area contributed by atoms with E-state index in [1.807, 2.05) is 18.2 Å². The zero-order chi connectivity index (χ0) is 21.6. The standard InChI is InChI=1S/C22H23N3O6/c1-27-15-5-6-16(18(12-15)28-2)22-24-21(31-25-22)13-23-20(26)8-4-14-3-7-17-19(11-14)30-10-9-29-17/h3,5-7,11-12H,4,8-10,13H2,1-2H3,(H,23,26). The molecule has 4 rings (SSSR count). The maximum Gasteiger partial charge on any atom is 0.246 e. The number of hydrogen-bond acceptors (Lipinski definition) is 8. The molecule has 2 aromatic carbocycles. The molecular weight excluding hydrogens is 402 g/mol. The summed E-state index contributed by atoms with van der Waals surface area (Å²) in [7, 11) is 3.14. The van der Waals surface area contributed by atoms with Crippen molar-refractivity contribution in [3.8, 4) is 34.4 Å². The van der Waals surface area contributed by atoms with Crippen molar-refractivity contribution in [3.63, 3.8) is 0 Å². The molecule has 0 fully saturated rings. The van der Waals surface area contributed by atoms with Gasteiger partial charge in [0.2, 0.25) is 17.6 Å². The fraction of sp³-hybridized carbons (Fsp3) is 0.318. The molecule has 0 aliphatic carbocycles. The van der Waals surface area contributed by atoms with E-state index < -0.39 is 0 Å². The van der Waals surface area contributed by atoms with Crippen LogP contribution in [0.25, 0.3) is 11.4 Å². The van der Waals surface area contributed by atoms with E-state index in [0.717, 1.165) is 17.1 Å². The first-order valence-corrected chi connectivity index (χ1v) is 9.86. The minimum Gasteiger partial charge on any atom is -0.497 e. The van der Waals surface area contributed by atoms with Crippen LogP contribution in [0.2, 0.25) is 0 Å². The first-order chi connectivity index (χ1) is 15.2. The molecule has 1 N–H and O–H groups in total. The molecule has 0 unspecified atom stereocenters. The van der Waals surface area contributed by atoms with Crippen LogP contribution in [-0.4, -0.2) is 43.5 Å². The number of carbonyl (C=O) groups excluding carboxylic acids is 1. The van der Waals surface area contributed by atoms with Crippen molar-refractivity contribution in [1.82, 2.24) is 15.5 Å². The number of fused-ring (bicyclic) bond motifs is 1. The Labute approximate surface area is 179 Å². The molecule has 0 radical (unpaired) electrons. The van der Waals surface area contributed by atoms with Crippen LogP contribution < -0.4 is 24.3 Å². The molecular formula is C22H23N3O6. The van der Waals surface area contributed by atoms with Gasteiger partial charge in [0.25, 0.3) is 0 Å². The third-order valence-corrected chi connectivity index (χ3v) is 4.80. The van der Waals surface area contributed by atoms with Crippen molar-refractivity contribution < 1.29 is 28.3 Å². The molecule has 0 saturated carbocycles. The highest BCUT2D eigenvalue weighted by atomic mass is 16.6. The fourth-order valence-corrected chi connectivity index (χ4v) is 3.18. The quantitative estimate of drug-likeness (QED) is 0.587. The molecule has 2 heterocycles. The monoisotopic (exact) mass is 425 g/mol. The Balaban J connectivity index is 1.31. The van der Waals surface area contributed by atoms with Gasteiger partial charge in [-0.05, 0) is 36.2 Å². The summed E-state index contributed by atoms with van der Waals surface area (Å²) in [5.74, 6) is 3.25. The van der Waals surface area contributed by atoms with Crippen LogP contribution in [0.3, 0.4) is 0 Å². The second-order valence-corrected chi connectivity index (χ2v) is 6.83. The van der Waals surface area contributed by atoms with E-state index in [1.165, 1.54) is 0 Å². The molecule has 9 nitrogen and oxygen atoms in total. The summed E-state index contributed by atoms with van der Waals surface area (Å²) in [6.45, 7) is 1.23. The SMILES string of the molecule is COc1ccc(-c2noc(CNC(=O)CCc3ccc4c(c3)OCCO4)n2)c(OC)c1. The molecule has 1 aromatic heterocycles. The van der Waals surface area contributed by atoms with Crippen LogP contribution in [0.4, 0.5) is 0 Å².